The zero-order valence-electron chi connectivity index (χ0n) is 16.8. The van der Waals surface area contributed by atoms with Gasteiger partial charge in [0.15, 0.2) is 5.16 Å². The SMILES string of the molecule is O=C(CSc1nc2ccccc2c(=O)n1C[C@@H]1CCCO1)NCCc1ccccc1. The monoisotopic (exact) mass is 423 g/mol. The van der Waals surface area contributed by atoms with E-state index in [1.807, 2.05) is 48.5 Å². The second kappa shape index (κ2) is 9.91. The third-order valence-electron chi connectivity index (χ3n) is 5.15. The van der Waals surface area contributed by atoms with Crippen molar-refractivity contribution in [2.75, 3.05) is 18.9 Å². The number of benzene rings is 2. The average Bonchev–Trinajstić information content (AvgIpc) is 3.29. The van der Waals surface area contributed by atoms with Gasteiger partial charge in [0.05, 0.1) is 29.3 Å². The first-order valence-electron chi connectivity index (χ1n) is 10.3. The molecule has 7 heteroatoms. The van der Waals surface area contributed by atoms with Crippen LogP contribution < -0.4 is 10.9 Å². The summed E-state index contributed by atoms with van der Waals surface area (Å²) in [5.74, 6) is 0.146. The molecule has 0 bridgehead atoms. The van der Waals surface area contributed by atoms with Crippen molar-refractivity contribution in [2.45, 2.75) is 37.1 Å². The van der Waals surface area contributed by atoms with Gasteiger partial charge in [0.2, 0.25) is 5.91 Å². The molecule has 1 aromatic heterocycles. The smallest absolute Gasteiger partial charge is 0.262 e. The van der Waals surface area contributed by atoms with Gasteiger partial charge in [-0.25, -0.2) is 4.98 Å². The molecule has 1 saturated heterocycles. The molecule has 3 aromatic rings. The van der Waals surface area contributed by atoms with E-state index in [9.17, 15) is 9.59 Å². The molecule has 0 spiro atoms. The zero-order chi connectivity index (χ0) is 20.8. The standard InChI is InChI=1S/C23H25N3O3S/c27-21(24-13-12-17-7-2-1-3-8-17)16-30-23-25-20-11-5-4-10-19(20)22(28)26(23)15-18-9-6-14-29-18/h1-5,7-8,10-11,18H,6,9,12-16H2,(H,24,27)/t18-/m0/s1. The Morgan fingerprint density at radius 3 is 2.77 bits per heavy atom. The third-order valence-corrected chi connectivity index (χ3v) is 6.12. The molecule has 2 aromatic carbocycles. The van der Waals surface area contributed by atoms with Crippen LogP contribution in [-0.2, 0) is 22.5 Å². The topological polar surface area (TPSA) is 73.2 Å². The van der Waals surface area contributed by atoms with Crippen molar-refractivity contribution in [2.24, 2.45) is 0 Å². The van der Waals surface area contributed by atoms with Crippen LogP contribution in [0.25, 0.3) is 10.9 Å². The number of fused-ring (bicyclic) bond motifs is 1. The van der Waals surface area contributed by atoms with E-state index >= 15 is 0 Å². The lowest BCUT2D eigenvalue weighted by Gasteiger charge is -2.16. The first-order valence-corrected chi connectivity index (χ1v) is 11.2. The predicted molar refractivity (Wildman–Crippen MR) is 119 cm³/mol. The maximum absolute atomic E-state index is 13.1. The van der Waals surface area contributed by atoms with Gasteiger partial charge in [0.1, 0.15) is 0 Å². The molecule has 1 aliphatic rings. The third kappa shape index (κ3) is 5.09. The minimum atomic E-state index is -0.0805. The van der Waals surface area contributed by atoms with Crippen LogP contribution in [0.3, 0.4) is 0 Å². The number of hydrogen-bond donors (Lipinski definition) is 1. The largest absolute Gasteiger partial charge is 0.376 e. The molecule has 1 atom stereocenters. The van der Waals surface area contributed by atoms with E-state index in [2.05, 4.69) is 10.3 Å². The number of ether oxygens (including phenoxy) is 1. The van der Waals surface area contributed by atoms with Gasteiger partial charge in [-0.15, -0.1) is 0 Å². The summed E-state index contributed by atoms with van der Waals surface area (Å²) in [7, 11) is 0. The Hall–Kier alpha value is -2.64. The van der Waals surface area contributed by atoms with Crippen LogP contribution >= 0.6 is 11.8 Å². The Morgan fingerprint density at radius 2 is 1.97 bits per heavy atom. The van der Waals surface area contributed by atoms with Gasteiger partial charge in [-0.3, -0.25) is 14.2 Å². The van der Waals surface area contributed by atoms with Gasteiger partial charge in [0, 0.05) is 13.2 Å². The summed E-state index contributed by atoms with van der Waals surface area (Å²) in [6.45, 7) is 1.78. The number of rotatable bonds is 8. The van der Waals surface area contributed by atoms with E-state index in [-0.39, 0.29) is 23.3 Å². The highest BCUT2D eigenvalue weighted by Crippen LogP contribution is 2.20. The quantitative estimate of drug-likeness (QED) is 0.445. The highest BCUT2D eigenvalue weighted by Gasteiger charge is 2.20. The molecular formula is C23H25N3O3S. The number of amides is 1. The number of hydrogen-bond acceptors (Lipinski definition) is 5. The van der Waals surface area contributed by atoms with Crippen molar-refractivity contribution < 1.29 is 9.53 Å². The molecular weight excluding hydrogens is 398 g/mol. The fourth-order valence-corrected chi connectivity index (χ4v) is 4.42. The fraction of sp³-hybridized carbons (Fsp3) is 0.348. The summed E-state index contributed by atoms with van der Waals surface area (Å²) < 4.78 is 7.39. The molecule has 156 valence electrons. The molecule has 1 amide bonds. The van der Waals surface area contributed by atoms with Crippen molar-refractivity contribution >= 4 is 28.6 Å². The Bertz CT molecular complexity index is 1060. The van der Waals surface area contributed by atoms with Gasteiger partial charge in [-0.1, -0.05) is 54.2 Å². The van der Waals surface area contributed by atoms with Crippen LogP contribution in [0, 0.1) is 0 Å². The van der Waals surface area contributed by atoms with E-state index in [0.717, 1.165) is 25.9 Å². The normalized spacial score (nSPS) is 16.1. The van der Waals surface area contributed by atoms with Gasteiger partial charge in [-0.2, -0.15) is 0 Å². The molecule has 4 rings (SSSR count). The van der Waals surface area contributed by atoms with Gasteiger partial charge in [0.25, 0.3) is 5.56 Å². The minimum absolute atomic E-state index is 0.0183. The van der Waals surface area contributed by atoms with Crippen molar-refractivity contribution in [3.63, 3.8) is 0 Å². The second-order valence-electron chi connectivity index (χ2n) is 7.34. The Morgan fingerprint density at radius 1 is 1.17 bits per heavy atom. The lowest BCUT2D eigenvalue weighted by molar-refractivity contribution is -0.118. The summed E-state index contributed by atoms with van der Waals surface area (Å²) in [5, 5.41) is 4.10. The fourth-order valence-electron chi connectivity index (χ4n) is 3.58. The maximum Gasteiger partial charge on any atom is 0.262 e. The van der Waals surface area contributed by atoms with Crippen molar-refractivity contribution in [3.05, 3.63) is 70.5 Å². The number of para-hydroxylation sites is 1. The molecule has 1 fully saturated rings. The number of nitrogens with zero attached hydrogens (tertiary/aromatic N) is 2. The maximum atomic E-state index is 13.1. The highest BCUT2D eigenvalue weighted by atomic mass is 32.2. The zero-order valence-corrected chi connectivity index (χ0v) is 17.6. The molecule has 30 heavy (non-hydrogen) atoms. The van der Waals surface area contributed by atoms with E-state index in [1.54, 1.807) is 10.6 Å². The van der Waals surface area contributed by atoms with Crippen LogP contribution in [-0.4, -0.2) is 40.5 Å². The summed E-state index contributed by atoms with van der Waals surface area (Å²) in [6, 6.07) is 17.4. The first kappa shape index (κ1) is 20.6. The van der Waals surface area contributed by atoms with Crippen LogP contribution in [0.4, 0.5) is 0 Å². The van der Waals surface area contributed by atoms with Crippen molar-refractivity contribution in [3.8, 4) is 0 Å². The summed E-state index contributed by atoms with van der Waals surface area (Å²) in [4.78, 5) is 30.1. The average molecular weight is 424 g/mol. The first-order chi connectivity index (χ1) is 14.7. The van der Waals surface area contributed by atoms with E-state index in [1.165, 1.54) is 17.3 Å². The minimum Gasteiger partial charge on any atom is -0.376 e. The Balaban J connectivity index is 1.44. The van der Waals surface area contributed by atoms with Gasteiger partial charge >= 0.3 is 0 Å². The molecule has 6 nitrogen and oxygen atoms in total. The molecule has 1 N–H and O–H groups in total. The molecule has 1 aliphatic heterocycles. The van der Waals surface area contributed by atoms with Crippen LogP contribution in [0.5, 0.6) is 0 Å². The molecule has 0 saturated carbocycles. The number of nitrogens with one attached hydrogen (secondary N) is 1. The van der Waals surface area contributed by atoms with Gasteiger partial charge in [-0.05, 0) is 37.0 Å². The summed E-state index contributed by atoms with van der Waals surface area (Å²) >= 11 is 1.30. The van der Waals surface area contributed by atoms with Crippen LogP contribution in [0.2, 0.25) is 0 Å². The number of carbonyl (C=O) groups excluding carboxylic acids is 1. The van der Waals surface area contributed by atoms with E-state index < -0.39 is 0 Å². The summed E-state index contributed by atoms with van der Waals surface area (Å²) in [5.41, 5.74) is 1.76. The Kier molecular flexibility index (Phi) is 6.81. The number of thioether (sulfide) groups is 1. The lowest BCUT2D eigenvalue weighted by Crippen LogP contribution is -2.30. The second-order valence-corrected chi connectivity index (χ2v) is 8.28. The Labute approximate surface area is 179 Å². The molecule has 0 radical (unpaired) electrons. The summed E-state index contributed by atoms with van der Waals surface area (Å²) in [6.07, 6.45) is 2.75. The number of aromatic nitrogens is 2. The highest BCUT2D eigenvalue weighted by molar-refractivity contribution is 7.99. The van der Waals surface area contributed by atoms with Crippen LogP contribution in [0.1, 0.15) is 18.4 Å². The van der Waals surface area contributed by atoms with Crippen LogP contribution in [0.15, 0.2) is 64.5 Å². The van der Waals surface area contributed by atoms with E-state index in [0.29, 0.717) is 29.1 Å². The predicted octanol–water partition coefficient (Wildman–Crippen LogP) is 3.03. The van der Waals surface area contributed by atoms with Gasteiger partial charge < -0.3 is 10.1 Å². The lowest BCUT2D eigenvalue weighted by atomic mass is 10.1. The van der Waals surface area contributed by atoms with Crippen molar-refractivity contribution in [1.29, 1.82) is 0 Å². The van der Waals surface area contributed by atoms with E-state index in [4.69, 9.17) is 4.74 Å². The molecule has 2 heterocycles. The molecule has 0 aliphatic carbocycles. The number of carbonyl (C=O) groups is 1. The van der Waals surface area contributed by atoms with Crippen molar-refractivity contribution in [1.82, 2.24) is 14.9 Å². The molecule has 0 unspecified atom stereocenters.